The smallest absolute Gasteiger partial charge is 0.252 e. The molecule has 1 aromatic heterocycles. The first-order chi connectivity index (χ1) is 10.8. The summed E-state index contributed by atoms with van der Waals surface area (Å²) in [6.07, 6.45) is 0. The molecular formula is C15H15F3N2O2S. The van der Waals surface area contributed by atoms with E-state index in [1.54, 1.807) is 19.9 Å². The molecule has 8 heteroatoms. The molecule has 0 radical (unpaired) electrons. The van der Waals surface area contributed by atoms with Crippen molar-refractivity contribution >= 4 is 15.7 Å². The molecule has 0 unspecified atom stereocenters. The summed E-state index contributed by atoms with van der Waals surface area (Å²) in [5.74, 6) is -5.38. The van der Waals surface area contributed by atoms with Gasteiger partial charge in [-0.15, -0.1) is 0 Å². The summed E-state index contributed by atoms with van der Waals surface area (Å²) in [5.41, 5.74) is 0. The first-order valence-electron chi connectivity index (χ1n) is 6.94. The Morgan fingerprint density at radius 1 is 1.00 bits per heavy atom. The van der Waals surface area contributed by atoms with Crippen LogP contribution in [0.5, 0.6) is 0 Å². The molecule has 124 valence electrons. The van der Waals surface area contributed by atoms with E-state index >= 15 is 0 Å². The molecule has 2 aromatic rings. The van der Waals surface area contributed by atoms with Gasteiger partial charge >= 0.3 is 0 Å². The van der Waals surface area contributed by atoms with Crippen LogP contribution in [0.1, 0.15) is 13.8 Å². The first kappa shape index (κ1) is 17.3. The minimum absolute atomic E-state index is 0.260. The minimum Gasteiger partial charge on any atom is -0.355 e. The quantitative estimate of drug-likeness (QED) is 0.782. The van der Waals surface area contributed by atoms with Gasteiger partial charge < -0.3 is 4.90 Å². The topological polar surface area (TPSA) is 50.3 Å². The molecule has 0 bridgehead atoms. The third kappa shape index (κ3) is 3.03. The first-order valence-corrected chi connectivity index (χ1v) is 8.42. The molecule has 0 aliphatic heterocycles. The second-order valence-electron chi connectivity index (χ2n) is 4.67. The van der Waals surface area contributed by atoms with Gasteiger partial charge in [-0.05, 0) is 26.0 Å². The van der Waals surface area contributed by atoms with E-state index in [1.807, 2.05) is 0 Å². The average molecular weight is 344 g/mol. The molecular weight excluding hydrogens is 329 g/mol. The molecule has 1 heterocycles. The highest BCUT2D eigenvalue weighted by Gasteiger charge is 2.32. The third-order valence-corrected chi connectivity index (χ3v) is 5.15. The van der Waals surface area contributed by atoms with E-state index in [9.17, 15) is 21.6 Å². The molecule has 0 fully saturated rings. The number of sulfone groups is 1. The molecule has 0 saturated heterocycles. The van der Waals surface area contributed by atoms with Gasteiger partial charge in [0, 0.05) is 13.1 Å². The number of hydrogen-bond donors (Lipinski definition) is 0. The highest BCUT2D eigenvalue weighted by atomic mass is 32.2. The lowest BCUT2D eigenvalue weighted by Crippen LogP contribution is -2.26. The standard InChI is InChI=1S/C15H15F3N2O2S/c1-3-20(4-2)15-12(17)13(11(16)14(18)19-15)23(21,22)10-8-6-5-7-9-10/h5-9H,3-4H2,1-2H3. The fraction of sp³-hybridized carbons (Fsp3) is 0.267. The van der Waals surface area contributed by atoms with Crippen LogP contribution in [0.3, 0.4) is 0 Å². The molecule has 0 N–H and O–H groups in total. The lowest BCUT2D eigenvalue weighted by Gasteiger charge is -2.21. The number of aromatic nitrogens is 1. The second-order valence-corrected chi connectivity index (χ2v) is 6.56. The Hall–Kier alpha value is -2.09. The maximum absolute atomic E-state index is 14.6. The van der Waals surface area contributed by atoms with Gasteiger partial charge in [0.2, 0.25) is 9.84 Å². The van der Waals surface area contributed by atoms with Gasteiger partial charge in [-0.2, -0.15) is 9.37 Å². The van der Waals surface area contributed by atoms with Crippen LogP contribution in [0.4, 0.5) is 19.0 Å². The minimum atomic E-state index is -4.55. The predicted octanol–water partition coefficient (Wildman–Crippen LogP) is 3.18. The van der Waals surface area contributed by atoms with E-state index in [0.29, 0.717) is 0 Å². The molecule has 2 rings (SSSR count). The van der Waals surface area contributed by atoms with Crippen molar-refractivity contribution in [3.63, 3.8) is 0 Å². The SMILES string of the molecule is CCN(CC)c1nc(F)c(F)c(S(=O)(=O)c2ccccc2)c1F. The van der Waals surface area contributed by atoms with E-state index in [-0.39, 0.29) is 18.0 Å². The molecule has 0 saturated carbocycles. The Kier molecular flexibility index (Phi) is 4.93. The third-order valence-electron chi connectivity index (χ3n) is 3.37. The zero-order chi connectivity index (χ0) is 17.2. The van der Waals surface area contributed by atoms with Crippen molar-refractivity contribution < 1.29 is 21.6 Å². The Balaban J connectivity index is 2.77. The van der Waals surface area contributed by atoms with Crippen molar-refractivity contribution in [2.24, 2.45) is 0 Å². The van der Waals surface area contributed by atoms with Gasteiger partial charge in [0.1, 0.15) is 0 Å². The van der Waals surface area contributed by atoms with Crippen LogP contribution in [-0.4, -0.2) is 26.5 Å². The van der Waals surface area contributed by atoms with Gasteiger partial charge in [-0.3, -0.25) is 0 Å². The number of hydrogen-bond acceptors (Lipinski definition) is 4. The molecule has 0 spiro atoms. The summed E-state index contributed by atoms with van der Waals surface area (Å²) in [7, 11) is -4.55. The fourth-order valence-corrected chi connectivity index (χ4v) is 3.57. The monoisotopic (exact) mass is 344 g/mol. The number of halogens is 3. The Labute approximate surface area is 132 Å². The summed E-state index contributed by atoms with van der Waals surface area (Å²) in [4.78, 5) is 2.89. The highest BCUT2D eigenvalue weighted by molar-refractivity contribution is 7.91. The van der Waals surface area contributed by atoms with Gasteiger partial charge in [-0.1, -0.05) is 18.2 Å². The summed E-state index contributed by atoms with van der Waals surface area (Å²) in [5, 5.41) is 0. The van der Waals surface area contributed by atoms with Crippen molar-refractivity contribution in [1.82, 2.24) is 4.98 Å². The number of pyridine rings is 1. The zero-order valence-corrected chi connectivity index (χ0v) is 13.4. The normalized spacial score (nSPS) is 11.5. The fourth-order valence-electron chi connectivity index (χ4n) is 2.17. The summed E-state index contributed by atoms with van der Waals surface area (Å²) >= 11 is 0. The maximum Gasteiger partial charge on any atom is 0.252 e. The van der Waals surface area contributed by atoms with Gasteiger partial charge in [-0.25, -0.2) is 17.2 Å². The molecule has 0 atom stereocenters. The summed E-state index contributed by atoms with van der Waals surface area (Å²) in [6, 6.07) is 6.74. The number of nitrogens with zero attached hydrogens (tertiary/aromatic N) is 2. The van der Waals surface area contributed by atoms with E-state index in [0.717, 1.165) is 0 Å². The molecule has 4 nitrogen and oxygen atoms in total. The van der Waals surface area contributed by atoms with Crippen molar-refractivity contribution in [3.05, 3.63) is 47.9 Å². The van der Waals surface area contributed by atoms with Crippen LogP contribution >= 0.6 is 0 Å². The van der Waals surface area contributed by atoms with E-state index < -0.39 is 38.1 Å². The van der Waals surface area contributed by atoms with Crippen LogP contribution in [0.25, 0.3) is 0 Å². The van der Waals surface area contributed by atoms with Gasteiger partial charge in [0.15, 0.2) is 22.3 Å². The van der Waals surface area contributed by atoms with Crippen molar-refractivity contribution in [2.75, 3.05) is 18.0 Å². The summed E-state index contributed by atoms with van der Waals surface area (Å²) in [6.45, 7) is 3.85. The average Bonchev–Trinajstić information content (AvgIpc) is 2.54. The number of anilines is 1. The van der Waals surface area contributed by atoms with E-state index in [4.69, 9.17) is 0 Å². The van der Waals surface area contributed by atoms with Crippen molar-refractivity contribution in [1.29, 1.82) is 0 Å². The van der Waals surface area contributed by atoms with Crippen LogP contribution in [0.15, 0.2) is 40.1 Å². The highest BCUT2D eigenvalue weighted by Crippen LogP contribution is 2.31. The predicted molar refractivity (Wildman–Crippen MR) is 79.6 cm³/mol. The number of benzene rings is 1. The van der Waals surface area contributed by atoms with E-state index in [1.165, 1.54) is 29.2 Å². The number of rotatable bonds is 5. The van der Waals surface area contributed by atoms with Crippen LogP contribution in [-0.2, 0) is 9.84 Å². The zero-order valence-electron chi connectivity index (χ0n) is 12.6. The van der Waals surface area contributed by atoms with Crippen molar-refractivity contribution in [2.45, 2.75) is 23.6 Å². The second kappa shape index (κ2) is 6.57. The van der Waals surface area contributed by atoms with Crippen LogP contribution in [0, 0.1) is 17.6 Å². The molecule has 23 heavy (non-hydrogen) atoms. The summed E-state index contributed by atoms with van der Waals surface area (Å²) < 4.78 is 67.4. The largest absolute Gasteiger partial charge is 0.355 e. The van der Waals surface area contributed by atoms with Gasteiger partial charge in [0.05, 0.1) is 4.90 Å². The molecule has 0 aliphatic carbocycles. The molecule has 0 aliphatic rings. The lowest BCUT2D eigenvalue weighted by atomic mass is 10.3. The maximum atomic E-state index is 14.6. The Morgan fingerprint density at radius 3 is 2.09 bits per heavy atom. The van der Waals surface area contributed by atoms with Crippen LogP contribution in [0.2, 0.25) is 0 Å². The van der Waals surface area contributed by atoms with Crippen LogP contribution < -0.4 is 4.90 Å². The molecule has 1 aromatic carbocycles. The van der Waals surface area contributed by atoms with E-state index in [2.05, 4.69) is 4.98 Å². The Morgan fingerprint density at radius 2 is 1.57 bits per heavy atom. The van der Waals surface area contributed by atoms with Gasteiger partial charge in [0.25, 0.3) is 5.95 Å². The lowest BCUT2D eigenvalue weighted by molar-refractivity contribution is 0.432. The Bertz CT molecular complexity index is 807. The van der Waals surface area contributed by atoms with Crippen molar-refractivity contribution in [3.8, 4) is 0 Å². The molecule has 0 amide bonds.